The van der Waals surface area contributed by atoms with Crippen LogP contribution in [0.25, 0.3) is 44.5 Å². The molecule has 9 rings (SSSR count). The minimum atomic E-state index is -1.79. The van der Waals surface area contributed by atoms with E-state index < -0.39 is 29.2 Å². The van der Waals surface area contributed by atoms with Crippen molar-refractivity contribution in [1.82, 2.24) is 0 Å². The van der Waals surface area contributed by atoms with Gasteiger partial charge in [0.05, 0.1) is 0 Å². The minimum absolute atomic E-state index is 0. The Morgan fingerprint density at radius 1 is 0.328 bits per heavy atom. The number of benzene rings is 8. The maximum Gasteiger partial charge on any atom is 0.164 e. The van der Waals surface area contributed by atoms with Gasteiger partial charge >= 0.3 is 0 Å². The smallest absolute Gasteiger partial charge is 0.164 e. The Morgan fingerprint density at radius 3 is 0.705 bits per heavy atom. The van der Waals surface area contributed by atoms with Gasteiger partial charge in [0.1, 0.15) is 23.4 Å². The van der Waals surface area contributed by atoms with Crippen molar-refractivity contribution in [2.75, 3.05) is 0 Å². The quantitative estimate of drug-likeness (QED) is 0.106. The third kappa shape index (κ3) is 8.49. The summed E-state index contributed by atoms with van der Waals surface area (Å²) in [7, 11) is 0. The number of ether oxygens (including phenoxy) is 2. The maximum atomic E-state index is 13.7. The average Bonchev–Trinajstić information content (AvgIpc) is 3.66. The van der Waals surface area contributed by atoms with Crippen molar-refractivity contribution in [3.05, 3.63) is 248 Å². The van der Waals surface area contributed by atoms with Crippen LogP contribution in [-0.2, 0) is 42.4 Å². The summed E-state index contributed by atoms with van der Waals surface area (Å²) < 4.78 is 13.8. The molecular weight excluding hydrogens is 784 g/mol. The van der Waals surface area contributed by atoms with Crippen LogP contribution in [0.1, 0.15) is 36.1 Å². The molecular formula is C56H49O4Ti-. The van der Waals surface area contributed by atoms with E-state index in [-0.39, 0.29) is 29.1 Å². The molecule has 0 amide bonds. The maximum absolute atomic E-state index is 13.7. The van der Waals surface area contributed by atoms with Crippen LogP contribution in [0, 0.1) is 7.43 Å². The van der Waals surface area contributed by atoms with Crippen molar-refractivity contribution in [3.63, 3.8) is 0 Å². The molecule has 2 N–H and O–H groups in total. The molecule has 5 heteroatoms. The van der Waals surface area contributed by atoms with E-state index in [1.54, 1.807) is 0 Å². The molecule has 1 aliphatic heterocycles. The van der Waals surface area contributed by atoms with E-state index in [0.717, 1.165) is 44.5 Å². The van der Waals surface area contributed by atoms with Gasteiger partial charge in [-0.15, -0.1) is 0 Å². The topological polar surface area (TPSA) is 58.9 Å². The molecule has 0 aromatic heterocycles. The van der Waals surface area contributed by atoms with Gasteiger partial charge in [-0.25, -0.2) is 0 Å². The van der Waals surface area contributed by atoms with Crippen LogP contribution in [0.5, 0.6) is 0 Å². The zero-order valence-corrected chi connectivity index (χ0v) is 36.2. The number of rotatable bonds is 10. The van der Waals surface area contributed by atoms with E-state index in [4.69, 9.17) is 9.47 Å². The third-order valence-corrected chi connectivity index (χ3v) is 11.6. The van der Waals surface area contributed by atoms with Gasteiger partial charge in [0.2, 0.25) is 0 Å². The number of hydrogen-bond acceptors (Lipinski definition) is 4. The molecule has 0 saturated carbocycles. The predicted molar refractivity (Wildman–Crippen MR) is 244 cm³/mol. The van der Waals surface area contributed by atoms with Crippen molar-refractivity contribution in [3.8, 4) is 44.5 Å². The molecule has 0 radical (unpaired) electrons. The molecule has 302 valence electrons. The van der Waals surface area contributed by atoms with Crippen molar-refractivity contribution in [2.24, 2.45) is 0 Å². The van der Waals surface area contributed by atoms with Gasteiger partial charge in [-0.3, -0.25) is 0 Å². The van der Waals surface area contributed by atoms with E-state index in [0.29, 0.717) is 22.3 Å². The summed E-state index contributed by atoms with van der Waals surface area (Å²) in [5.74, 6) is -1.18. The van der Waals surface area contributed by atoms with Crippen molar-refractivity contribution in [2.45, 2.75) is 43.0 Å². The molecule has 1 aliphatic rings. The monoisotopic (exact) mass is 833 g/mol. The summed E-state index contributed by atoms with van der Waals surface area (Å²) in [6.07, 6.45) is -2.18. The first-order valence-electron chi connectivity index (χ1n) is 20.2. The summed E-state index contributed by atoms with van der Waals surface area (Å²) in [5, 5.41) is 27.4. The Hall–Kier alpha value is -5.69. The molecule has 0 aliphatic carbocycles. The molecule has 4 nitrogen and oxygen atoms in total. The number of hydrogen-bond donors (Lipinski definition) is 2. The summed E-state index contributed by atoms with van der Waals surface area (Å²) in [6.45, 7) is 3.68. The fourth-order valence-electron chi connectivity index (χ4n) is 8.55. The SMILES string of the molecule is CC1(C)O[C@@H](C(O)(c2ccc(-c3ccccc3)cc2)c2ccc(-c3ccccc3)cc2)[C@H](C(O)(c2ccc(-c3ccccc3)cc2)c2ccc(-c3ccccc3)cc2)O1.[CH3-].[Ti]. The van der Waals surface area contributed by atoms with Crippen LogP contribution in [0.4, 0.5) is 0 Å². The van der Waals surface area contributed by atoms with Crippen LogP contribution >= 0.6 is 0 Å². The fourth-order valence-corrected chi connectivity index (χ4v) is 8.55. The van der Waals surface area contributed by atoms with Crippen LogP contribution in [0.3, 0.4) is 0 Å². The Balaban J connectivity index is 0.00000281. The summed E-state index contributed by atoms with van der Waals surface area (Å²) in [5.41, 5.74) is 7.24. The molecule has 8 aromatic rings. The zero-order chi connectivity index (χ0) is 40.5. The van der Waals surface area contributed by atoms with E-state index in [2.05, 4.69) is 48.5 Å². The van der Waals surface area contributed by atoms with Gasteiger partial charge in [-0.1, -0.05) is 218 Å². The second kappa shape index (κ2) is 18.1. The summed E-state index contributed by atoms with van der Waals surface area (Å²) >= 11 is 0. The first kappa shape index (κ1) is 43.4. The van der Waals surface area contributed by atoms with E-state index in [1.807, 2.05) is 184 Å². The molecule has 8 aromatic carbocycles. The van der Waals surface area contributed by atoms with Crippen LogP contribution < -0.4 is 0 Å². The molecule has 1 saturated heterocycles. The van der Waals surface area contributed by atoms with Gasteiger partial charge in [0, 0.05) is 21.7 Å². The van der Waals surface area contributed by atoms with Gasteiger partial charge in [0.15, 0.2) is 5.79 Å². The minimum Gasteiger partial charge on any atom is -0.378 e. The third-order valence-electron chi connectivity index (χ3n) is 11.6. The van der Waals surface area contributed by atoms with Crippen molar-refractivity contribution < 1.29 is 41.4 Å². The first-order valence-corrected chi connectivity index (χ1v) is 20.2. The molecule has 0 spiro atoms. The largest absolute Gasteiger partial charge is 0.378 e. The van der Waals surface area contributed by atoms with Crippen molar-refractivity contribution in [1.29, 1.82) is 0 Å². The van der Waals surface area contributed by atoms with E-state index >= 15 is 0 Å². The van der Waals surface area contributed by atoms with Gasteiger partial charge < -0.3 is 27.1 Å². The predicted octanol–water partition coefficient (Wildman–Crippen LogP) is 12.5. The fraction of sp³-hybridized carbons (Fsp3) is 0.125. The van der Waals surface area contributed by atoms with E-state index in [9.17, 15) is 10.2 Å². The Morgan fingerprint density at radius 2 is 0.508 bits per heavy atom. The molecule has 61 heavy (non-hydrogen) atoms. The second-order valence-electron chi connectivity index (χ2n) is 15.8. The molecule has 2 atom stereocenters. The van der Waals surface area contributed by atoms with Crippen LogP contribution in [0.2, 0.25) is 0 Å². The standard InChI is InChI=1S/C55H46O4.CH3.Ti/c1-53(2)58-51(54(56,47-31-23-43(24-32-47)39-15-7-3-8-16-39)48-33-25-44(26-34-48)40-17-9-4-10-18-40)52(59-53)55(57,49-35-27-45(28-36-49)41-19-11-5-12-20-41)50-37-29-46(30-38-50)42-21-13-6-14-22-42;;/h3-38,51-52,56-57H,1-2H3;1H3;/q;-1;/t51-,52-;;/m1../s1. The van der Waals surface area contributed by atoms with E-state index in [1.165, 1.54) is 0 Å². The Kier molecular flexibility index (Phi) is 12.9. The molecule has 1 heterocycles. The van der Waals surface area contributed by atoms with Gasteiger partial charge in [-0.2, -0.15) is 0 Å². The zero-order valence-electron chi connectivity index (χ0n) is 34.7. The van der Waals surface area contributed by atoms with Gasteiger partial charge in [-0.05, 0) is 80.6 Å². The molecule has 1 fully saturated rings. The van der Waals surface area contributed by atoms with Crippen LogP contribution in [-0.4, -0.2) is 28.2 Å². The van der Waals surface area contributed by atoms with Crippen molar-refractivity contribution >= 4 is 0 Å². The molecule has 0 bridgehead atoms. The molecule has 0 unspecified atom stereocenters. The Bertz CT molecular complexity index is 2260. The van der Waals surface area contributed by atoms with Gasteiger partial charge in [0.25, 0.3) is 0 Å². The first-order chi connectivity index (χ1) is 28.7. The number of aliphatic hydroxyl groups is 2. The van der Waals surface area contributed by atoms with Crippen LogP contribution in [0.15, 0.2) is 218 Å². The summed E-state index contributed by atoms with van der Waals surface area (Å²) in [6, 6.07) is 72.6. The summed E-state index contributed by atoms with van der Waals surface area (Å²) in [4.78, 5) is 0. The average molecular weight is 834 g/mol. The Labute approximate surface area is 375 Å². The second-order valence-corrected chi connectivity index (χ2v) is 15.8. The normalized spacial score (nSPS) is 15.9.